The van der Waals surface area contributed by atoms with Crippen LogP contribution in [0.3, 0.4) is 0 Å². The predicted octanol–water partition coefficient (Wildman–Crippen LogP) is 6.23. The average Bonchev–Trinajstić information content (AvgIpc) is 3.29. The van der Waals surface area contributed by atoms with Crippen molar-refractivity contribution in [3.63, 3.8) is 0 Å². The van der Waals surface area contributed by atoms with Crippen LogP contribution in [0.4, 0.5) is 4.39 Å². The number of halogens is 1. The molecule has 3 nitrogen and oxygen atoms in total. The first-order chi connectivity index (χ1) is 15.8. The summed E-state index contributed by atoms with van der Waals surface area (Å²) in [7, 11) is 3.89. The molecular formula is C29H41FN2O. The van der Waals surface area contributed by atoms with E-state index in [1.165, 1.54) is 29.6 Å². The molecule has 3 fully saturated rings. The maximum atomic E-state index is 13.0. The van der Waals surface area contributed by atoms with Crippen molar-refractivity contribution >= 4 is 6.21 Å². The van der Waals surface area contributed by atoms with Gasteiger partial charge in [-0.2, -0.15) is 0 Å². The summed E-state index contributed by atoms with van der Waals surface area (Å²) in [5.41, 5.74) is 5.35. The topological polar surface area (TPSA) is 24.8 Å². The van der Waals surface area contributed by atoms with Gasteiger partial charge in [0, 0.05) is 25.8 Å². The first kappa shape index (κ1) is 23.2. The molecule has 1 saturated heterocycles. The molecule has 2 aliphatic heterocycles. The van der Waals surface area contributed by atoms with E-state index < -0.39 is 0 Å². The van der Waals surface area contributed by atoms with Gasteiger partial charge in [0.25, 0.3) is 0 Å². The monoisotopic (exact) mass is 452 g/mol. The molecule has 33 heavy (non-hydrogen) atoms. The Labute approximate surface area is 199 Å². The summed E-state index contributed by atoms with van der Waals surface area (Å²) in [4.78, 5) is 6.36. The highest BCUT2D eigenvalue weighted by Gasteiger charge is 2.66. The number of hydrogen-bond donors (Lipinski definition) is 0. The molecule has 3 aliphatic carbocycles. The van der Waals surface area contributed by atoms with Crippen LogP contribution in [0.5, 0.6) is 0 Å². The maximum Gasteiger partial charge on any atom is 0.102 e. The van der Waals surface area contributed by atoms with Crippen LogP contribution in [-0.2, 0) is 4.74 Å². The van der Waals surface area contributed by atoms with E-state index in [0.717, 1.165) is 44.1 Å². The summed E-state index contributed by atoms with van der Waals surface area (Å²) in [5, 5.41) is 0. The van der Waals surface area contributed by atoms with E-state index in [0.29, 0.717) is 24.4 Å². The van der Waals surface area contributed by atoms with E-state index in [2.05, 4.69) is 55.6 Å². The second-order valence-corrected chi connectivity index (χ2v) is 11.6. The van der Waals surface area contributed by atoms with E-state index in [4.69, 9.17) is 4.74 Å². The van der Waals surface area contributed by atoms with Crippen molar-refractivity contribution in [2.24, 2.45) is 22.2 Å². The Morgan fingerprint density at radius 1 is 1.33 bits per heavy atom. The fraction of sp³-hybridized carbons (Fsp3) is 0.690. The van der Waals surface area contributed by atoms with E-state index in [9.17, 15) is 4.39 Å². The predicted molar refractivity (Wildman–Crippen MR) is 134 cm³/mol. The third kappa shape index (κ3) is 3.46. The molecule has 4 heteroatoms. The highest BCUT2D eigenvalue weighted by Crippen LogP contribution is 2.68. The second-order valence-electron chi connectivity index (χ2n) is 11.6. The molecule has 0 radical (unpaired) electrons. The molecule has 6 atom stereocenters. The lowest BCUT2D eigenvalue weighted by molar-refractivity contribution is -0.141. The van der Waals surface area contributed by atoms with E-state index in [-0.39, 0.29) is 23.3 Å². The fourth-order valence-corrected chi connectivity index (χ4v) is 8.42. The Kier molecular flexibility index (Phi) is 5.85. The lowest BCUT2D eigenvalue weighted by Gasteiger charge is -2.55. The van der Waals surface area contributed by atoms with Crippen molar-refractivity contribution in [3.05, 3.63) is 47.1 Å². The van der Waals surface area contributed by atoms with Crippen molar-refractivity contribution in [2.45, 2.75) is 82.5 Å². The SMILES string of the molecule is C=C(/C=N\C)/C=C(\C)C1CC[C@@H]2C1(C)CC=C1C=C3CCC(N(C)CCF)C[C@]34CC[C@@]12O4. The fourth-order valence-electron chi connectivity index (χ4n) is 8.42. The Hall–Kier alpha value is -1.52. The highest BCUT2D eigenvalue weighted by molar-refractivity contribution is 5.81. The van der Waals surface area contributed by atoms with Crippen LogP contribution in [0, 0.1) is 17.3 Å². The Balaban J connectivity index is 1.45. The molecule has 3 unspecified atom stereocenters. The summed E-state index contributed by atoms with van der Waals surface area (Å²) >= 11 is 0. The number of fused-ring (bicyclic) bond motifs is 1. The molecule has 2 heterocycles. The molecule has 2 bridgehead atoms. The molecule has 2 saturated carbocycles. The molecule has 0 N–H and O–H groups in total. The van der Waals surface area contributed by atoms with Gasteiger partial charge in [0.15, 0.2) is 0 Å². The number of nitrogens with zero attached hydrogens (tertiary/aromatic N) is 2. The Morgan fingerprint density at radius 3 is 2.91 bits per heavy atom. The van der Waals surface area contributed by atoms with Gasteiger partial charge < -0.3 is 9.64 Å². The van der Waals surface area contributed by atoms with Crippen LogP contribution in [0.1, 0.15) is 65.2 Å². The van der Waals surface area contributed by atoms with Crippen molar-refractivity contribution in [2.75, 3.05) is 27.3 Å². The number of aliphatic imine (C=N–C) groups is 1. The summed E-state index contributed by atoms with van der Waals surface area (Å²) in [6, 6.07) is 0.418. The van der Waals surface area contributed by atoms with Crippen molar-refractivity contribution < 1.29 is 9.13 Å². The quantitative estimate of drug-likeness (QED) is 0.352. The lowest BCUT2D eigenvalue weighted by Crippen LogP contribution is -2.55. The molecular weight excluding hydrogens is 411 g/mol. The van der Waals surface area contributed by atoms with Crippen LogP contribution in [0.15, 0.2) is 52.1 Å². The van der Waals surface area contributed by atoms with Gasteiger partial charge in [0.2, 0.25) is 0 Å². The zero-order valence-electron chi connectivity index (χ0n) is 21.0. The number of hydrogen-bond acceptors (Lipinski definition) is 3. The maximum absolute atomic E-state index is 13.0. The van der Waals surface area contributed by atoms with Gasteiger partial charge in [-0.1, -0.05) is 37.3 Å². The third-order valence-corrected chi connectivity index (χ3v) is 9.97. The van der Waals surface area contributed by atoms with Gasteiger partial charge in [0.05, 0.1) is 11.2 Å². The van der Waals surface area contributed by atoms with Crippen LogP contribution >= 0.6 is 0 Å². The molecule has 5 rings (SSSR count). The van der Waals surface area contributed by atoms with Gasteiger partial charge in [0.1, 0.15) is 6.67 Å². The van der Waals surface area contributed by atoms with Crippen molar-refractivity contribution in [1.29, 1.82) is 0 Å². The van der Waals surface area contributed by atoms with Gasteiger partial charge in [-0.25, -0.2) is 4.39 Å². The van der Waals surface area contributed by atoms with E-state index >= 15 is 0 Å². The number of alkyl halides is 1. The first-order valence-corrected chi connectivity index (χ1v) is 13.0. The molecule has 0 aromatic carbocycles. The second kappa shape index (κ2) is 8.30. The van der Waals surface area contributed by atoms with Crippen molar-refractivity contribution in [1.82, 2.24) is 4.90 Å². The highest BCUT2D eigenvalue weighted by atomic mass is 19.1. The summed E-state index contributed by atoms with van der Waals surface area (Å²) in [6.07, 6.45) is 18.2. The molecule has 2 spiro atoms. The number of rotatable bonds is 6. The third-order valence-electron chi connectivity index (χ3n) is 9.97. The zero-order valence-corrected chi connectivity index (χ0v) is 21.0. The minimum atomic E-state index is -0.272. The number of allylic oxidation sites excluding steroid dienone is 4. The minimum Gasteiger partial charge on any atom is -0.359 e. The van der Waals surface area contributed by atoms with Gasteiger partial charge in [-0.15, -0.1) is 0 Å². The largest absolute Gasteiger partial charge is 0.359 e. The Morgan fingerprint density at radius 2 is 2.15 bits per heavy atom. The van der Waals surface area contributed by atoms with E-state index in [1.54, 1.807) is 7.05 Å². The summed E-state index contributed by atoms with van der Waals surface area (Å²) in [5.74, 6) is 1.10. The molecule has 0 amide bonds. The standard InChI is InChI=1S/C29H41FN2O/c1-20(19-31-4)16-21(2)25-8-9-26-27(25,3)11-10-23-17-22-6-7-24(32(5)15-14-30)18-28(22)12-13-29(23,26)33-28/h10,16-17,19,24-26H,1,6-9,11-15,18H2,2-5H3/b21-16+,31-19-/t24?,25?,26-,27?,28-,29-/m1/s1. The van der Waals surface area contributed by atoms with Gasteiger partial charge in [-0.05, 0) is 99.3 Å². The minimum absolute atomic E-state index is 0.127. The van der Waals surface area contributed by atoms with Gasteiger partial charge in [-0.3, -0.25) is 4.99 Å². The zero-order chi connectivity index (χ0) is 23.4. The van der Waals surface area contributed by atoms with Crippen molar-refractivity contribution in [3.8, 4) is 0 Å². The van der Waals surface area contributed by atoms with E-state index in [1.807, 2.05) is 6.21 Å². The Bertz CT molecular complexity index is 947. The lowest BCUT2D eigenvalue weighted by atomic mass is 9.58. The average molecular weight is 453 g/mol. The van der Waals surface area contributed by atoms with Crippen LogP contribution in [0.25, 0.3) is 0 Å². The van der Waals surface area contributed by atoms with Crippen LogP contribution < -0.4 is 0 Å². The van der Waals surface area contributed by atoms with Gasteiger partial charge >= 0.3 is 0 Å². The molecule has 5 aliphatic rings. The van der Waals surface area contributed by atoms with Crippen LogP contribution in [-0.4, -0.2) is 55.7 Å². The summed E-state index contributed by atoms with van der Waals surface area (Å²) in [6.45, 7) is 9.22. The smallest absolute Gasteiger partial charge is 0.102 e. The molecule has 0 aromatic rings. The normalized spacial score (nSPS) is 42.1. The van der Waals surface area contributed by atoms with Crippen LogP contribution in [0.2, 0.25) is 0 Å². The summed E-state index contributed by atoms with van der Waals surface area (Å²) < 4.78 is 20.4. The molecule has 180 valence electrons. The number of ether oxygens (including phenoxy) is 1. The first-order valence-electron chi connectivity index (χ1n) is 13.0. The molecule has 0 aromatic heterocycles.